The molecule has 2 aromatic carbocycles. The minimum atomic E-state index is -3.84. The molecule has 10 nitrogen and oxygen atoms in total. The van der Waals surface area contributed by atoms with Crippen LogP contribution in [0.15, 0.2) is 69.4 Å². The van der Waals surface area contributed by atoms with E-state index in [0.717, 1.165) is 0 Å². The fourth-order valence-electron chi connectivity index (χ4n) is 3.64. The summed E-state index contributed by atoms with van der Waals surface area (Å²) in [6.07, 6.45) is 3.18. The lowest BCUT2D eigenvalue weighted by Gasteiger charge is -2.18. The summed E-state index contributed by atoms with van der Waals surface area (Å²) in [7, 11) is -3.84. The predicted molar refractivity (Wildman–Crippen MR) is 117 cm³/mol. The summed E-state index contributed by atoms with van der Waals surface area (Å²) in [5.41, 5.74) is 0.266. The lowest BCUT2D eigenvalue weighted by Crippen LogP contribution is -2.23. The van der Waals surface area contributed by atoms with E-state index >= 15 is 0 Å². The molecule has 0 fully saturated rings. The highest BCUT2D eigenvalue weighted by Crippen LogP contribution is 2.34. The minimum absolute atomic E-state index is 0.0349. The number of aromatic nitrogens is 4. The van der Waals surface area contributed by atoms with Gasteiger partial charge in [0.1, 0.15) is 13.2 Å². The van der Waals surface area contributed by atoms with E-state index in [-0.39, 0.29) is 28.5 Å². The Balaban J connectivity index is 1.47. The number of aliphatic hydroxyl groups is 1. The number of ether oxygens (including phenoxy) is 2. The Bertz CT molecular complexity index is 1510. The second kappa shape index (κ2) is 8.34. The third kappa shape index (κ3) is 3.96. The molecule has 4 aromatic rings. The van der Waals surface area contributed by atoms with Crippen molar-refractivity contribution in [3.8, 4) is 11.5 Å². The van der Waals surface area contributed by atoms with Gasteiger partial charge in [0.2, 0.25) is 9.84 Å². The summed E-state index contributed by atoms with van der Waals surface area (Å²) < 4.78 is 40.2. The van der Waals surface area contributed by atoms with Crippen LogP contribution in [0.1, 0.15) is 5.69 Å². The van der Waals surface area contributed by atoms with E-state index in [4.69, 9.17) is 14.6 Å². The van der Waals surface area contributed by atoms with E-state index in [1.807, 2.05) is 0 Å². The second-order valence-electron chi connectivity index (χ2n) is 7.46. The first-order chi connectivity index (χ1) is 16.0. The summed E-state index contributed by atoms with van der Waals surface area (Å²) in [6, 6.07) is 10.6. The highest BCUT2D eigenvalue weighted by molar-refractivity contribution is 7.91. The van der Waals surface area contributed by atoms with Crippen molar-refractivity contribution in [1.29, 1.82) is 0 Å². The van der Waals surface area contributed by atoms with Gasteiger partial charge in [-0.15, -0.1) is 0 Å². The van der Waals surface area contributed by atoms with Crippen molar-refractivity contribution in [2.45, 2.75) is 22.9 Å². The van der Waals surface area contributed by atoms with Crippen LogP contribution in [0.3, 0.4) is 0 Å². The summed E-state index contributed by atoms with van der Waals surface area (Å²) in [5, 5.41) is 18.2. The zero-order valence-electron chi connectivity index (χ0n) is 17.4. The van der Waals surface area contributed by atoms with E-state index in [0.29, 0.717) is 47.7 Å². The molecule has 170 valence electrons. The molecule has 5 rings (SSSR count). The van der Waals surface area contributed by atoms with Crippen molar-refractivity contribution in [2.24, 2.45) is 0 Å². The van der Waals surface area contributed by atoms with Gasteiger partial charge >= 0.3 is 0 Å². The second-order valence-corrected chi connectivity index (χ2v) is 9.41. The van der Waals surface area contributed by atoms with Gasteiger partial charge in [-0.3, -0.25) is 9.48 Å². The minimum Gasteiger partial charge on any atom is -0.486 e. The molecule has 0 amide bonds. The van der Waals surface area contributed by atoms with Crippen molar-refractivity contribution in [3.05, 3.63) is 70.9 Å². The number of hydrogen-bond donors (Lipinski definition) is 1. The topological polar surface area (TPSA) is 126 Å². The largest absolute Gasteiger partial charge is 0.486 e. The average molecular weight is 468 g/mol. The van der Waals surface area contributed by atoms with Crippen LogP contribution in [-0.2, 0) is 22.9 Å². The van der Waals surface area contributed by atoms with Crippen molar-refractivity contribution in [1.82, 2.24) is 19.6 Å². The fraction of sp³-hybridized carbons (Fsp3) is 0.227. The van der Waals surface area contributed by atoms with Crippen LogP contribution in [0.25, 0.3) is 10.8 Å². The molecule has 0 unspecified atom stereocenters. The molecule has 0 spiro atoms. The van der Waals surface area contributed by atoms with Crippen LogP contribution in [-0.4, -0.2) is 52.9 Å². The quantitative estimate of drug-likeness (QED) is 0.448. The van der Waals surface area contributed by atoms with E-state index < -0.39 is 9.84 Å². The number of benzene rings is 2. The monoisotopic (exact) mass is 468 g/mol. The Kier molecular flexibility index (Phi) is 5.35. The Hall–Kier alpha value is -3.70. The third-order valence-corrected chi connectivity index (χ3v) is 7.04. The molecule has 0 aliphatic carbocycles. The summed E-state index contributed by atoms with van der Waals surface area (Å²) >= 11 is 0. The number of nitrogens with zero attached hydrogens (tertiary/aromatic N) is 4. The Morgan fingerprint density at radius 3 is 2.58 bits per heavy atom. The molecule has 11 heteroatoms. The maximum Gasteiger partial charge on any atom is 0.274 e. The number of aliphatic hydroxyl groups excluding tert-OH is 1. The predicted octanol–water partition coefficient (Wildman–Crippen LogP) is 1.24. The molecule has 0 atom stereocenters. The first-order valence-corrected chi connectivity index (χ1v) is 11.7. The van der Waals surface area contributed by atoms with E-state index in [1.165, 1.54) is 41.2 Å². The van der Waals surface area contributed by atoms with Crippen molar-refractivity contribution >= 4 is 20.6 Å². The van der Waals surface area contributed by atoms with Crippen LogP contribution in [0.4, 0.5) is 0 Å². The van der Waals surface area contributed by atoms with Crippen LogP contribution in [0.5, 0.6) is 11.5 Å². The average Bonchev–Trinajstić information content (AvgIpc) is 3.27. The standard InChI is InChI=1S/C22H20N4O6S/c27-8-7-25-6-5-16(24-25)14-26-22(28)19-3-1-17(11-15(19)13-23-26)33(29,30)18-2-4-20-21(12-18)32-10-9-31-20/h1-6,11-13,27H,7-10,14H2. The van der Waals surface area contributed by atoms with Gasteiger partial charge in [0, 0.05) is 17.6 Å². The van der Waals surface area contributed by atoms with Crippen LogP contribution < -0.4 is 15.0 Å². The van der Waals surface area contributed by atoms with Gasteiger partial charge in [0.15, 0.2) is 11.5 Å². The Morgan fingerprint density at radius 1 is 1.00 bits per heavy atom. The lowest BCUT2D eigenvalue weighted by atomic mass is 10.2. The first kappa shape index (κ1) is 21.2. The summed E-state index contributed by atoms with van der Waals surface area (Å²) in [5.74, 6) is 0.888. The molecule has 33 heavy (non-hydrogen) atoms. The fourth-order valence-corrected chi connectivity index (χ4v) is 4.95. The van der Waals surface area contributed by atoms with Crippen molar-refractivity contribution < 1.29 is 23.0 Å². The number of sulfone groups is 1. The SMILES string of the molecule is O=c1c2ccc(S(=O)(=O)c3ccc4c(c3)OCCO4)cc2cnn1Cc1ccn(CCO)n1. The molecule has 3 heterocycles. The van der Waals surface area contributed by atoms with E-state index in [9.17, 15) is 13.2 Å². The lowest BCUT2D eigenvalue weighted by molar-refractivity contribution is 0.171. The highest BCUT2D eigenvalue weighted by Gasteiger charge is 2.22. The maximum absolute atomic E-state index is 13.2. The molecular weight excluding hydrogens is 448 g/mol. The van der Waals surface area contributed by atoms with Gasteiger partial charge in [-0.25, -0.2) is 13.1 Å². The molecule has 1 aliphatic heterocycles. The summed E-state index contributed by atoms with van der Waals surface area (Å²) in [6.45, 7) is 1.25. The molecule has 1 aliphatic rings. The third-order valence-electron chi connectivity index (χ3n) is 5.30. The molecule has 2 aromatic heterocycles. The number of hydrogen-bond acceptors (Lipinski definition) is 8. The van der Waals surface area contributed by atoms with Crippen LogP contribution in [0.2, 0.25) is 0 Å². The number of rotatable bonds is 6. The van der Waals surface area contributed by atoms with Gasteiger partial charge in [-0.05, 0) is 36.4 Å². The van der Waals surface area contributed by atoms with E-state index in [1.54, 1.807) is 23.0 Å². The Labute approximate surface area is 188 Å². The Morgan fingerprint density at radius 2 is 1.76 bits per heavy atom. The molecule has 0 saturated heterocycles. The summed E-state index contributed by atoms with van der Waals surface area (Å²) in [4.78, 5) is 13.0. The molecule has 1 N–H and O–H groups in total. The zero-order chi connectivity index (χ0) is 23.0. The van der Waals surface area contributed by atoms with Crippen LogP contribution >= 0.6 is 0 Å². The molecular formula is C22H20N4O6S. The van der Waals surface area contributed by atoms with Gasteiger partial charge in [-0.2, -0.15) is 10.2 Å². The first-order valence-electron chi connectivity index (χ1n) is 10.2. The normalized spacial score (nSPS) is 13.4. The van der Waals surface area contributed by atoms with Gasteiger partial charge in [-0.1, -0.05) is 0 Å². The van der Waals surface area contributed by atoms with Crippen LogP contribution in [0, 0.1) is 0 Å². The van der Waals surface area contributed by atoms with Gasteiger partial charge in [0.05, 0.1) is 46.8 Å². The highest BCUT2D eigenvalue weighted by atomic mass is 32.2. The van der Waals surface area contributed by atoms with E-state index in [2.05, 4.69) is 10.2 Å². The molecule has 0 saturated carbocycles. The van der Waals surface area contributed by atoms with Gasteiger partial charge < -0.3 is 14.6 Å². The van der Waals surface area contributed by atoms with Crippen molar-refractivity contribution in [2.75, 3.05) is 19.8 Å². The smallest absolute Gasteiger partial charge is 0.274 e. The number of fused-ring (bicyclic) bond motifs is 2. The van der Waals surface area contributed by atoms with Crippen molar-refractivity contribution in [3.63, 3.8) is 0 Å². The zero-order valence-corrected chi connectivity index (χ0v) is 18.2. The van der Waals surface area contributed by atoms with Gasteiger partial charge in [0.25, 0.3) is 5.56 Å². The molecule has 0 radical (unpaired) electrons. The molecule has 0 bridgehead atoms. The maximum atomic E-state index is 13.2.